The molecular formula is C21H44ClN. The van der Waals surface area contributed by atoms with Crippen LogP contribution in [0.1, 0.15) is 116 Å². The van der Waals surface area contributed by atoms with Gasteiger partial charge in [-0.15, -0.1) is 12.4 Å². The zero-order chi connectivity index (χ0) is 15.7. The fourth-order valence-electron chi connectivity index (χ4n) is 3.71. The largest absolute Gasteiger partial charge is 0.303 e. The molecule has 0 amide bonds. The number of halogens is 1. The normalized spacial score (nSPS) is 15.5. The molecule has 0 bridgehead atoms. The molecule has 0 N–H and O–H groups in total. The smallest absolute Gasteiger partial charge is 0.00187 e. The van der Waals surface area contributed by atoms with Crippen molar-refractivity contribution >= 4 is 12.4 Å². The Morgan fingerprint density at radius 1 is 0.522 bits per heavy atom. The van der Waals surface area contributed by atoms with Gasteiger partial charge in [0.2, 0.25) is 0 Å². The number of hydrogen-bond acceptors (Lipinski definition) is 1. The van der Waals surface area contributed by atoms with Crippen molar-refractivity contribution in [2.45, 2.75) is 116 Å². The standard InChI is InChI=1S/C21H43N.ClH/c1-2-3-4-5-6-7-8-9-10-11-12-13-14-16-19-22-20-17-15-18-21-22;/h2-21H2,1H3;1H. The third kappa shape index (κ3) is 15.5. The first-order chi connectivity index (χ1) is 10.9. The van der Waals surface area contributed by atoms with Crippen molar-refractivity contribution in [2.24, 2.45) is 0 Å². The van der Waals surface area contributed by atoms with Crippen molar-refractivity contribution in [3.63, 3.8) is 0 Å². The molecule has 1 aliphatic heterocycles. The van der Waals surface area contributed by atoms with Gasteiger partial charge in [0.25, 0.3) is 0 Å². The number of piperidine rings is 1. The molecule has 1 nitrogen and oxygen atoms in total. The van der Waals surface area contributed by atoms with Gasteiger partial charge in [-0.1, -0.05) is 96.8 Å². The summed E-state index contributed by atoms with van der Waals surface area (Å²) >= 11 is 0. The van der Waals surface area contributed by atoms with Crippen LogP contribution in [0.25, 0.3) is 0 Å². The van der Waals surface area contributed by atoms with E-state index in [1.807, 2.05) is 0 Å². The fraction of sp³-hybridized carbons (Fsp3) is 1.00. The third-order valence-corrected chi connectivity index (χ3v) is 5.28. The number of rotatable bonds is 15. The average Bonchev–Trinajstić information content (AvgIpc) is 2.56. The molecule has 0 saturated carbocycles. The van der Waals surface area contributed by atoms with Crippen LogP contribution in [-0.4, -0.2) is 24.5 Å². The lowest BCUT2D eigenvalue weighted by molar-refractivity contribution is 0.224. The highest BCUT2D eigenvalue weighted by atomic mass is 35.5. The van der Waals surface area contributed by atoms with Crippen LogP contribution in [0.15, 0.2) is 0 Å². The molecule has 0 aromatic carbocycles. The van der Waals surface area contributed by atoms with Gasteiger partial charge in [-0.3, -0.25) is 0 Å². The summed E-state index contributed by atoms with van der Waals surface area (Å²) in [5.41, 5.74) is 0. The Bertz CT molecular complexity index is 214. The van der Waals surface area contributed by atoms with Gasteiger partial charge in [0.05, 0.1) is 0 Å². The number of likely N-dealkylation sites (tertiary alicyclic amines) is 1. The minimum absolute atomic E-state index is 0. The molecule has 0 unspecified atom stereocenters. The van der Waals surface area contributed by atoms with Crippen molar-refractivity contribution in [3.05, 3.63) is 0 Å². The van der Waals surface area contributed by atoms with E-state index in [2.05, 4.69) is 11.8 Å². The first-order valence-electron chi connectivity index (χ1n) is 10.7. The number of nitrogens with zero attached hydrogens (tertiary/aromatic N) is 1. The molecule has 1 fully saturated rings. The van der Waals surface area contributed by atoms with Gasteiger partial charge in [0.1, 0.15) is 0 Å². The van der Waals surface area contributed by atoms with E-state index < -0.39 is 0 Å². The Morgan fingerprint density at radius 2 is 0.913 bits per heavy atom. The molecule has 0 aromatic rings. The van der Waals surface area contributed by atoms with E-state index in [0.717, 1.165) is 0 Å². The highest BCUT2D eigenvalue weighted by molar-refractivity contribution is 5.85. The van der Waals surface area contributed by atoms with Gasteiger partial charge in [0.15, 0.2) is 0 Å². The van der Waals surface area contributed by atoms with Crippen LogP contribution >= 0.6 is 12.4 Å². The molecule has 140 valence electrons. The molecule has 1 rings (SSSR count). The Morgan fingerprint density at radius 3 is 1.35 bits per heavy atom. The van der Waals surface area contributed by atoms with E-state index in [9.17, 15) is 0 Å². The maximum absolute atomic E-state index is 2.68. The summed E-state index contributed by atoms with van der Waals surface area (Å²) in [5.74, 6) is 0. The summed E-state index contributed by atoms with van der Waals surface area (Å²) in [4.78, 5) is 2.68. The third-order valence-electron chi connectivity index (χ3n) is 5.28. The Kier molecular flexibility index (Phi) is 18.8. The molecule has 0 spiro atoms. The average molecular weight is 346 g/mol. The van der Waals surface area contributed by atoms with Crippen molar-refractivity contribution in [3.8, 4) is 0 Å². The van der Waals surface area contributed by atoms with Crippen LogP contribution in [0.2, 0.25) is 0 Å². The van der Waals surface area contributed by atoms with Gasteiger partial charge < -0.3 is 4.90 Å². The lowest BCUT2D eigenvalue weighted by Gasteiger charge is -2.26. The minimum Gasteiger partial charge on any atom is -0.303 e. The van der Waals surface area contributed by atoms with E-state index in [1.54, 1.807) is 0 Å². The minimum atomic E-state index is 0. The SMILES string of the molecule is CCCCCCCCCCCCCCCCN1CCCCC1.Cl. The molecule has 0 atom stereocenters. The lowest BCUT2D eigenvalue weighted by Crippen LogP contribution is -2.30. The molecular weight excluding hydrogens is 302 g/mol. The van der Waals surface area contributed by atoms with Gasteiger partial charge in [-0.05, 0) is 38.9 Å². The number of unbranched alkanes of at least 4 members (excludes halogenated alkanes) is 13. The van der Waals surface area contributed by atoms with Gasteiger partial charge >= 0.3 is 0 Å². The van der Waals surface area contributed by atoms with E-state index in [0.29, 0.717) is 0 Å². The second-order valence-electron chi connectivity index (χ2n) is 7.50. The van der Waals surface area contributed by atoms with E-state index >= 15 is 0 Å². The van der Waals surface area contributed by atoms with E-state index in [1.165, 1.54) is 129 Å². The van der Waals surface area contributed by atoms with Crippen molar-refractivity contribution in [1.29, 1.82) is 0 Å². The van der Waals surface area contributed by atoms with Gasteiger partial charge in [-0.25, -0.2) is 0 Å². The van der Waals surface area contributed by atoms with Crippen molar-refractivity contribution in [1.82, 2.24) is 4.90 Å². The molecule has 0 radical (unpaired) electrons. The summed E-state index contributed by atoms with van der Waals surface area (Å²) in [6.45, 7) is 6.42. The molecule has 0 aliphatic carbocycles. The second kappa shape index (κ2) is 18.6. The predicted octanol–water partition coefficient (Wildman–Crippen LogP) is 7.38. The quantitative estimate of drug-likeness (QED) is 0.280. The monoisotopic (exact) mass is 345 g/mol. The van der Waals surface area contributed by atoms with Crippen LogP contribution in [-0.2, 0) is 0 Å². The summed E-state index contributed by atoms with van der Waals surface area (Å²) in [7, 11) is 0. The zero-order valence-electron chi connectivity index (χ0n) is 16.0. The van der Waals surface area contributed by atoms with Crippen LogP contribution in [0, 0.1) is 0 Å². The Hall–Kier alpha value is 0.250. The molecule has 23 heavy (non-hydrogen) atoms. The Balaban J connectivity index is 0.00000484. The molecule has 2 heteroatoms. The fourth-order valence-corrected chi connectivity index (χ4v) is 3.71. The topological polar surface area (TPSA) is 3.24 Å². The summed E-state index contributed by atoms with van der Waals surface area (Å²) in [6, 6.07) is 0. The zero-order valence-corrected chi connectivity index (χ0v) is 16.8. The van der Waals surface area contributed by atoms with Crippen LogP contribution in [0.4, 0.5) is 0 Å². The summed E-state index contributed by atoms with van der Waals surface area (Å²) in [6.07, 6.45) is 24.9. The predicted molar refractivity (Wildman–Crippen MR) is 108 cm³/mol. The first-order valence-corrected chi connectivity index (χ1v) is 10.7. The molecule has 0 aromatic heterocycles. The second-order valence-corrected chi connectivity index (χ2v) is 7.50. The molecule has 1 aliphatic rings. The maximum atomic E-state index is 2.68. The van der Waals surface area contributed by atoms with Crippen molar-refractivity contribution in [2.75, 3.05) is 19.6 Å². The van der Waals surface area contributed by atoms with E-state index in [-0.39, 0.29) is 12.4 Å². The van der Waals surface area contributed by atoms with Crippen LogP contribution in [0.3, 0.4) is 0 Å². The van der Waals surface area contributed by atoms with Crippen LogP contribution in [0.5, 0.6) is 0 Å². The molecule has 1 saturated heterocycles. The highest BCUT2D eigenvalue weighted by Gasteiger charge is 2.08. The van der Waals surface area contributed by atoms with Gasteiger partial charge in [-0.2, -0.15) is 0 Å². The number of hydrogen-bond donors (Lipinski definition) is 0. The lowest BCUT2D eigenvalue weighted by atomic mass is 10.0. The summed E-state index contributed by atoms with van der Waals surface area (Å²) in [5, 5.41) is 0. The molecule has 1 heterocycles. The Labute approximate surface area is 153 Å². The highest BCUT2D eigenvalue weighted by Crippen LogP contribution is 2.14. The van der Waals surface area contributed by atoms with Gasteiger partial charge in [0, 0.05) is 0 Å². The van der Waals surface area contributed by atoms with Crippen molar-refractivity contribution < 1.29 is 0 Å². The summed E-state index contributed by atoms with van der Waals surface area (Å²) < 4.78 is 0. The maximum Gasteiger partial charge on any atom is -0.00187 e. The van der Waals surface area contributed by atoms with E-state index in [4.69, 9.17) is 0 Å². The van der Waals surface area contributed by atoms with Crippen LogP contribution < -0.4 is 0 Å². The first kappa shape index (κ1) is 23.2.